The molecule has 0 unspecified atom stereocenters. The summed E-state index contributed by atoms with van der Waals surface area (Å²) in [7, 11) is 0. The minimum atomic E-state index is -0.474. The number of halogens is 1. The standard InChI is InChI=1S/C28H26FN5O3/c29-23-8-4-3-7-20(23)17-31-28(37)34-25(18-5-1-2-6-18)16-24(33-34)22-15-21(9-10-26(22)35)32-27(36)19-11-13-30-14-12-19/h3-4,7-16,18,35H,1-2,5-6,17H2,(H,31,37)(H,32,36). The van der Waals surface area contributed by atoms with Gasteiger partial charge in [-0.25, -0.2) is 9.18 Å². The van der Waals surface area contributed by atoms with E-state index < -0.39 is 11.8 Å². The monoisotopic (exact) mass is 499 g/mol. The van der Waals surface area contributed by atoms with E-state index in [0.29, 0.717) is 28.1 Å². The number of phenolic OH excluding ortho intramolecular Hbond substituents is 1. The molecule has 5 rings (SSSR count). The lowest BCUT2D eigenvalue weighted by Crippen LogP contribution is -2.31. The molecule has 9 heteroatoms. The van der Waals surface area contributed by atoms with Crippen molar-refractivity contribution in [3.63, 3.8) is 0 Å². The Bertz CT molecular complexity index is 1430. The second kappa shape index (κ2) is 10.6. The highest BCUT2D eigenvalue weighted by molar-refractivity contribution is 6.04. The Morgan fingerprint density at radius 1 is 1.03 bits per heavy atom. The molecule has 4 aromatic rings. The molecular formula is C28H26FN5O3. The highest BCUT2D eigenvalue weighted by Gasteiger charge is 2.26. The Balaban J connectivity index is 1.43. The predicted octanol–water partition coefficient (Wildman–Crippen LogP) is 5.46. The third-order valence-electron chi connectivity index (χ3n) is 6.56. The molecule has 0 saturated heterocycles. The highest BCUT2D eigenvalue weighted by Crippen LogP contribution is 2.38. The minimum absolute atomic E-state index is 0.0204. The van der Waals surface area contributed by atoms with Crippen LogP contribution in [0.25, 0.3) is 11.3 Å². The van der Waals surface area contributed by atoms with Gasteiger partial charge in [-0.3, -0.25) is 9.78 Å². The number of anilines is 1. The van der Waals surface area contributed by atoms with Crippen LogP contribution in [0.5, 0.6) is 5.75 Å². The SMILES string of the molecule is O=C(Nc1ccc(O)c(-c2cc(C3CCCC3)n(C(=O)NCc3ccccc3F)n2)c1)c1ccncc1. The van der Waals surface area contributed by atoms with Crippen LogP contribution < -0.4 is 10.6 Å². The minimum Gasteiger partial charge on any atom is -0.507 e. The van der Waals surface area contributed by atoms with Crippen LogP contribution >= 0.6 is 0 Å². The van der Waals surface area contributed by atoms with E-state index in [9.17, 15) is 19.1 Å². The second-order valence-electron chi connectivity index (χ2n) is 9.02. The van der Waals surface area contributed by atoms with Crippen LogP contribution in [0.4, 0.5) is 14.9 Å². The molecule has 1 saturated carbocycles. The Morgan fingerprint density at radius 2 is 1.78 bits per heavy atom. The molecule has 2 heterocycles. The summed E-state index contributed by atoms with van der Waals surface area (Å²) in [5, 5.41) is 20.7. The van der Waals surface area contributed by atoms with Gasteiger partial charge in [0.15, 0.2) is 0 Å². The third kappa shape index (κ3) is 5.35. The Hall–Kier alpha value is -4.53. The molecule has 1 aliphatic carbocycles. The molecule has 2 aromatic carbocycles. The molecule has 0 bridgehead atoms. The number of aromatic nitrogens is 3. The van der Waals surface area contributed by atoms with Gasteiger partial charge in [0.2, 0.25) is 0 Å². The fourth-order valence-electron chi connectivity index (χ4n) is 4.62. The molecule has 0 spiro atoms. The van der Waals surface area contributed by atoms with E-state index in [1.807, 2.05) is 6.07 Å². The number of aromatic hydroxyl groups is 1. The maximum Gasteiger partial charge on any atom is 0.342 e. The summed E-state index contributed by atoms with van der Waals surface area (Å²) < 4.78 is 15.4. The lowest BCUT2D eigenvalue weighted by Gasteiger charge is -2.12. The fraction of sp³-hybridized carbons (Fsp3) is 0.214. The van der Waals surface area contributed by atoms with E-state index in [1.54, 1.807) is 42.5 Å². The van der Waals surface area contributed by atoms with Gasteiger partial charge in [0.25, 0.3) is 5.91 Å². The molecule has 2 aromatic heterocycles. The largest absolute Gasteiger partial charge is 0.507 e. The zero-order valence-electron chi connectivity index (χ0n) is 20.0. The number of hydrogen-bond donors (Lipinski definition) is 3. The van der Waals surface area contributed by atoms with Gasteiger partial charge in [0.05, 0.1) is 11.4 Å². The van der Waals surface area contributed by atoms with Crippen molar-refractivity contribution in [3.8, 4) is 17.0 Å². The van der Waals surface area contributed by atoms with Gasteiger partial charge in [-0.15, -0.1) is 0 Å². The average Bonchev–Trinajstić information content (AvgIpc) is 3.60. The molecular weight excluding hydrogens is 473 g/mol. The summed E-state index contributed by atoms with van der Waals surface area (Å²) in [5.41, 5.74) is 2.82. The van der Waals surface area contributed by atoms with Crippen molar-refractivity contribution in [2.24, 2.45) is 0 Å². The van der Waals surface area contributed by atoms with Gasteiger partial charge >= 0.3 is 6.03 Å². The van der Waals surface area contributed by atoms with Crippen molar-refractivity contribution in [3.05, 3.63) is 95.7 Å². The van der Waals surface area contributed by atoms with Crippen LogP contribution in [-0.2, 0) is 6.54 Å². The van der Waals surface area contributed by atoms with Gasteiger partial charge in [-0.05, 0) is 55.3 Å². The smallest absolute Gasteiger partial charge is 0.342 e. The number of nitrogens with one attached hydrogen (secondary N) is 2. The van der Waals surface area contributed by atoms with E-state index in [0.717, 1.165) is 31.4 Å². The normalized spacial score (nSPS) is 13.4. The van der Waals surface area contributed by atoms with Crippen molar-refractivity contribution in [1.29, 1.82) is 0 Å². The number of nitrogens with zero attached hydrogens (tertiary/aromatic N) is 3. The van der Waals surface area contributed by atoms with Gasteiger partial charge in [0, 0.05) is 47.2 Å². The Kier molecular flexibility index (Phi) is 6.93. The van der Waals surface area contributed by atoms with E-state index in [1.165, 1.54) is 29.2 Å². The summed E-state index contributed by atoms with van der Waals surface area (Å²) in [6.45, 7) is 0.0204. The van der Waals surface area contributed by atoms with Crippen molar-refractivity contribution < 1.29 is 19.1 Å². The first-order valence-corrected chi connectivity index (χ1v) is 12.2. The summed E-state index contributed by atoms with van der Waals surface area (Å²) >= 11 is 0. The maximum atomic E-state index is 14.0. The molecule has 2 amide bonds. The number of carbonyl (C=O) groups excluding carboxylic acids is 2. The first kappa shape index (κ1) is 24.2. The molecule has 188 valence electrons. The lowest BCUT2D eigenvalue weighted by molar-refractivity contribution is 0.102. The van der Waals surface area contributed by atoms with Gasteiger partial charge in [0.1, 0.15) is 11.6 Å². The third-order valence-corrected chi connectivity index (χ3v) is 6.56. The number of amides is 2. The summed E-state index contributed by atoms with van der Waals surface area (Å²) in [6.07, 6.45) is 7.05. The lowest BCUT2D eigenvalue weighted by atomic mass is 10.0. The highest BCUT2D eigenvalue weighted by atomic mass is 19.1. The van der Waals surface area contributed by atoms with Crippen LogP contribution in [0.3, 0.4) is 0 Å². The summed E-state index contributed by atoms with van der Waals surface area (Å²) in [6, 6.07) is 15.5. The van der Waals surface area contributed by atoms with E-state index in [-0.39, 0.29) is 24.1 Å². The zero-order valence-corrected chi connectivity index (χ0v) is 20.0. The summed E-state index contributed by atoms with van der Waals surface area (Å²) in [5.74, 6) is -0.590. The number of hydrogen-bond acceptors (Lipinski definition) is 5. The van der Waals surface area contributed by atoms with Crippen LogP contribution in [0, 0.1) is 5.82 Å². The Morgan fingerprint density at radius 3 is 2.54 bits per heavy atom. The quantitative estimate of drug-likeness (QED) is 0.305. The number of phenols is 1. The fourth-order valence-corrected chi connectivity index (χ4v) is 4.62. The van der Waals surface area contributed by atoms with Crippen LogP contribution in [-0.4, -0.2) is 31.8 Å². The topological polar surface area (TPSA) is 109 Å². The van der Waals surface area contributed by atoms with Gasteiger partial charge in [-0.2, -0.15) is 9.78 Å². The van der Waals surface area contributed by atoms with Crippen LogP contribution in [0.1, 0.15) is 53.2 Å². The maximum absolute atomic E-state index is 14.0. The molecule has 3 N–H and O–H groups in total. The zero-order chi connectivity index (χ0) is 25.8. The molecule has 1 fully saturated rings. The van der Waals surface area contributed by atoms with E-state index in [4.69, 9.17) is 0 Å². The molecule has 0 aliphatic heterocycles. The van der Waals surface area contributed by atoms with Gasteiger partial charge < -0.3 is 15.7 Å². The predicted molar refractivity (Wildman–Crippen MR) is 137 cm³/mol. The van der Waals surface area contributed by atoms with Crippen molar-refractivity contribution in [2.75, 3.05) is 5.32 Å². The van der Waals surface area contributed by atoms with Crippen LogP contribution in [0.2, 0.25) is 0 Å². The summed E-state index contributed by atoms with van der Waals surface area (Å²) in [4.78, 5) is 29.6. The molecule has 1 aliphatic rings. The molecule has 0 radical (unpaired) electrons. The first-order valence-electron chi connectivity index (χ1n) is 12.2. The van der Waals surface area contributed by atoms with E-state index in [2.05, 4.69) is 20.7 Å². The van der Waals surface area contributed by atoms with Crippen LogP contribution in [0.15, 0.2) is 73.1 Å². The first-order chi connectivity index (χ1) is 18.0. The molecule has 0 atom stereocenters. The Labute approximate surface area is 213 Å². The number of pyridine rings is 1. The van der Waals surface area contributed by atoms with Crippen molar-refractivity contribution in [1.82, 2.24) is 20.1 Å². The molecule has 8 nitrogen and oxygen atoms in total. The number of benzene rings is 2. The van der Waals surface area contributed by atoms with Gasteiger partial charge in [-0.1, -0.05) is 31.0 Å². The average molecular weight is 500 g/mol. The molecule has 37 heavy (non-hydrogen) atoms. The van der Waals surface area contributed by atoms with E-state index >= 15 is 0 Å². The second-order valence-corrected chi connectivity index (χ2v) is 9.02. The van der Waals surface area contributed by atoms with Crippen molar-refractivity contribution >= 4 is 17.6 Å². The van der Waals surface area contributed by atoms with Crippen molar-refractivity contribution in [2.45, 2.75) is 38.1 Å². The number of rotatable bonds is 6. The number of carbonyl (C=O) groups is 2.